The molecule has 1 aromatic heterocycles. The van der Waals surface area contributed by atoms with Crippen LogP contribution in [-0.2, 0) is 4.79 Å². The third kappa shape index (κ3) is 2.72. The first-order chi connectivity index (χ1) is 12.8. The van der Waals surface area contributed by atoms with Gasteiger partial charge >= 0.3 is 0 Å². The fourth-order valence-corrected chi connectivity index (χ4v) is 6.19. The quantitative estimate of drug-likeness (QED) is 0.785. The van der Waals surface area contributed by atoms with Crippen LogP contribution in [0.3, 0.4) is 0 Å². The summed E-state index contributed by atoms with van der Waals surface area (Å²) in [6.07, 6.45) is 9.44. The topological polar surface area (TPSA) is 36.4 Å². The number of aromatic nitrogens is 1. The Bertz CT molecular complexity index is 769. The second-order valence-electron chi connectivity index (χ2n) is 8.27. The fourth-order valence-electron chi connectivity index (χ4n) is 5.17. The monoisotopic (exact) mass is 369 g/mol. The molecule has 5 heteroatoms. The number of para-hydroxylation sites is 1. The predicted octanol–water partition coefficient (Wildman–Crippen LogP) is 4.45. The Hall–Kier alpha value is -1.62. The maximum absolute atomic E-state index is 13.3. The van der Waals surface area contributed by atoms with E-state index in [0.717, 1.165) is 49.5 Å². The largest absolute Gasteiger partial charge is 0.348 e. The van der Waals surface area contributed by atoms with Crippen molar-refractivity contribution in [2.24, 2.45) is 5.41 Å². The number of piperidine rings is 1. The molecule has 2 aromatic rings. The maximum Gasteiger partial charge on any atom is 0.229 e. The summed E-state index contributed by atoms with van der Waals surface area (Å²) in [6.45, 7) is 2.92. The third-order valence-electron chi connectivity index (χ3n) is 6.83. The molecule has 3 heterocycles. The lowest BCUT2D eigenvalue weighted by Crippen LogP contribution is -2.47. The number of thiazole rings is 1. The van der Waals surface area contributed by atoms with Gasteiger partial charge in [0.05, 0.1) is 15.6 Å². The van der Waals surface area contributed by atoms with Gasteiger partial charge in [-0.15, -0.1) is 0 Å². The van der Waals surface area contributed by atoms with Gasteiger partial charge in [0, 0.05) is 25.7 Å². The van der Waals surface area contributed by atoms with Crippen molar-refractivity contribution in [3.8, 4) is 0 Å². The smallest absolute Gasteiger partial charge is 0.229 e. The summed E-state index contributed by atoms with van der Waals surface area (Å²) >= 11 is 1.78. The molecule has 0 atom stereocenters. The van der Waals surface area contributed by atoms with Crippen LogP contribution in [0.2, 0.25) is 0 Å². The van der Waals surface area contributed by atoms with Crippen LogP contribution in [0.15, 0.2) is 24.3 Å². The van der Waals surface area contributed by atoms with Crippen LogP contribution in [0.1, 0.15) is 51.4 Å². The van der Waals surface area contributed by atoms with Gasteiger partial charge in [0.1, 0.15) is 0 Å². The first-order valence-electron chi connectivity index (χ1n) is 10.2. The lowest BCUT2D eigenvalue weighted by molar-refractivity contribution is -0.139. The molecule has 0 unspecified atom stereocenters. The van der Waals surface area contributed by atoms with Crippen molar-refractivity contribution in [2.75, 3.05) is 24.5 Å². The molecule has 0 radical (unpaired) electrons. The third-order valence-corrected chi connectivity index (χ3v) is 7.93. The number of rotatable bonds is 2. The number of hydrogen-bond donors (Lipinski definition) is 0. The van der Waals surface area contributed by atoms with E-state index in [1.165, 1.54) is 36.8 Å². The van der Waals surface area contributed by atoms with Crippen molar-refractivity contribution in [2.45, 2.75) is 57.4 Å². The van der Waals surface area contributed by atoms with Gasteiger partial charge in [0.2, 0.25) is 5.91 Å². The van der Waals surface area contributed by atoms with Gasteiger partial charge in [-0.3, -0.25) is 4.79 Å². The van der Waals surface area contributed by atoms with E-state index in [2.05, 4.69) is 28.0 Å². The van der Waals surface area contributed by atoms with E-state index in [1.54, 1.807) is 11.3 Å². The normalized spacial score (nSPS) is 24.1. The summed E-state index contributed by atoms with van der Waals surface area (Å²) in [5.74, 6) is 0.466. The van der Waals surface area contributed by atoms with Crippen molar-refractivity contribution in [1.29, 1.82) is 0 Å². The lowest BCUT2D eigenvalue weighted by Gasteiger charge is -2.39. The number of fused-ring (bicyclic) bond motifs is 1. The predicted molar refractivity (Wildman–Crippen MR) is 107 cm³/mol. The number of amides is 1. The van der Waals surface area contributed by atoms with E-state index in [9.17, 15) is 4.79 Å². The van der Waals surface area contributed by atoms with Gasteiger partial charge in [-0.05, 0) is 44.2 Å². The maximum atomic E-state index is 13.3. The number of anilines is 1. The summed E-state index contributed by atoms with van der Waals surface area (Å²) in [6, 6.07) is 8.88. The minimum absolute atomic E-state index is 0.0787. The first kappa shape index (κ1) is 16.5. The molecule has 1 aromatic carbocycles. The molecule has 3 aliphatic rings. The molecule has 1 amide bonds. The molecule has 138 valence electrons. The number of benzene rings is 1. The van der Waals surface area contributed by atoms with Gasteiger partial charge in [-0.25, -0.2) is 4.98 Å². The van der Waals surface area contributed by atoms with Crippen LogP contribution in [0.4, 0.5) is 5.13 Å². The Morgan fingerprint density at radius 1 is 1.00 bits per heavy atom. The lowest BCUT2D eigenvalue weighted by atomic mass is 9.77. The number of hydrogen-bond acceptors (Lipinski definition) is 4. The molecule has 5 rings (SSSR count). The Morgan fingerprint density at radius 3 is 2.50 bits per heavy atom. The first-order valence-corrected chi connectivity index (χ1v) is 11.0. The van der Waals surface area contributed by atoms with E-state index >= 15 is 0 Å². The fraction of sp³-hybridized carbons (Fsp3) is 0.619. The Morgan fingerprint density at radius 2 is 1.73 bits per heavy atom. The molecule has 2 aliphatic heterocycles. The highest BCUT2D eigenvalue weighted by molar-refractivity contribution is 7.22. The highest BCUT2D eigenvalue weighted by atomic mass is 32.1. The van der Waals surface area contributed by atoms with Crippen molar-refractivity contribution < 1.29 is 4.79 Å². The SMILES string of the molecule is O=C1N(C2CCCCC2)CCC12CCN(c1nc3ccccc3s1)CC2. The van der Waals surface area contributed by atoms with E-state index in [4.69, 9.17) is 4.98 Å². The molecule has 1 aliphatic carbocycles. The van der Waals surface area contributed by atoms with E-state index in [-0.39, 0.29) is 5.41 Å². The number of nitrogens with zero attached hydrogens (tertiary/aromatic N) is 3. The van der Waals surface area contributed by atoms with Crippen LogP contribution >= 0.6 is 11.3 Å². The molecule has 0 bridgehead atoms. The average molecular weight is 370 g/mol. The summed E-state index contributed by atoms with van der Waals surface area (Å²) < 4.78 is 1.25. The van der Waals surface area contributed by atoms with E-state index < -0.39 is 0 Å². The Kier molecular flexibility index (Phi) is 4.15. The van der Waals surface area contributed by atoms with Crippen LogP contribution in [0.25, 0.3) is 10.2 Å². The molecule has 4 nitrogen and oxygen atoms in total. The van der Waals surface area contributed by atoms with Crippen LogP contribution in [0.5, 0.6) is 0 Å². The summed E-state index contributed by atoms with van der Waals surface area (Å²) in [5.41, 5.74) is 1.01. The van der Waals surface area contributed by atoms with Crippen molar-refractivity contribution in [3.63, 3.8) is 0 Å². The second-order valence-corrected chi connectivity index (χ2v) is 9.28. The summed E-state index contributed by atoms with van der Waals surface area (Å²) in [4.78, 5) is 22.7. The zero-order chi connectivity index (χ0) is 17.6. The molecule has 3 fully saturated rings. The summed E-state index contributed by atoms with van der Waals surface area (Å²) in [5, 5.41) is 1.12. The van der Waals surface area contributed by atoms with Crippen molar-refractivity contribution in [3.05, 3.63) is 24.3 Å². The molecule has 1 spiro atoms. The van der Waals surface area contributed by atoms with E-state index in [0.29, 0.717) is 11.9 Å². The molecule has 1 saturated carbocycles. The standard InChI is InChI=1S/C21H27N3OS/c25-19-21(12-15-24(19)16-6-2-1-3-7-16)10-13-23(14-11-21)20-22-17-8-4-5-9-18(17)26-20/h4-5,8-9,16H,1-3,6-7,10-15H2. The molecule has 2 saturated heterocycles. The molecular weight excluding hydrogens is 342 g/mol. The Labute approximate surface area is 159 Å². The van der Waals surface area contributed by atoms with Gasteiger partial charge in [-0.2, -0.15) is 0 Å². The van der Waals surface area contributed by atoms with Crippen LogP contribution < -0.4 is 4.90 Å². The minimum Gasteiger partial charge on any atom is -0.348 e. The number of carbonyl (C=O) groups is 1. The van der Waals surface area contributed by atoms with Gasteiger partial charge < -0.3 is 9.80 Å². The van der Waals surface area contributed by atoms with Gasteiger partial charge in [0.15, 0.2) is 5.13 Å². The second kappa shape index (κ2) is 6.52. The van der Waals surface area contributed by atoms with Gasteiger partial charge in [-0.1, -0.05) is 42.7 Å². The van der Waals surface area contributed by atoms with Gasteiger partial charge in [0.25, 0.3) is 0 Å². The van der Waals surface area contributed by atoms with Crippen LogP contribution in [0, 0.1) is 5.41 Å². The molecular formula is C21H27N3OS. The van der Waals surface area contributed by atoms with Crippen molar-refractivity contribution >= 4 is 32.6 Å². The highest BCUT2D eigenvalue weighted by Gasteiger charge is 2.49. The molecule has 26 heavy (non-hydrogen) atoms. The Balaban J connectivity index is 1.28. The number of likely N-dealkylation sites (tertiary alicyclic amines) is 1. The molecule has 0 N–H and O–H groups in total. The summed E-state index contributed by atoms with van der Waals surface area (Å²) in [7, 11) is 0. The average Bonchev–Trinajstić information content (AvgIpc) is 3.26. The van der Waals surface area contributed by atoms with Crippen molar-refractivity contribution in [1.82, 2.24) is 9.88 Å². The minimum atomic E-state index is -0.0787. The van der Waals surface area contributed by atoms with Crippen LogP contribution in [-0.4, -0.2) is 41.5 Å². The highest BCUT2D eigenvalue weighted by Crippen LogP contribution is 2.45. The van der Waals surface area contributed by atoms with E-state index in [1.807, 2.05) is 6.07 Å². The zero-order valence-electron chi connectivity index (χ0n) is 15.3. The zero-order valence-corrected chi connectivity index (χ0v) is 16.1. The number of carbonyl (C=O) groups excluding carboxylic acids is 1.